The Labute approximate surface area is 151 Å². The lowest BCUT2D eigenvalue weighted by Crippen LogP contribution is -2.28. The summed E-state index contributed by atoms with van der Waals surface area (Å²) in [5, 5.41) is 2.68. The minimum absolute atomic E-state index is 0.214. The smallest absolute Gasteiger partial charge is 0.342 e. The van der Waals surface area contributed by atoms with Gasteiger partial charge in [-0.15, -0.1) is 0 Å². The Bertz CT molecular complexity index is 774. The normalized spacial score (nSPS) is 9.96. The molecule has 0 unspecified atom stereocenters. The number of carbonyl (C=O) groups is 2. The van der Waals surface area contributed by atoms with Crippen molar-refractivity contribution in [3.8, 4) is 17.2 Å². The molecule has 0 fully saturated rings. The van der Waals surface area contributed by atoms with Crippen molar-refractivity contribution >= 4 is 11.9 Å². The van der Waals surface area contributed by atoms with Gasteiger partial charge in [-0.3, -0.25) is 4.79 Å². The summed E-state index contributed by atoms with van der Waals surface area (Å²) in [6.45, 7) is -0.130. The van der Waals surface area contributed by atoms with Crippen LogP contribution in [0.4, 0.5) is 0 Å². The van der Waals surface area contributed by atoms with Crippen LogP contribution in [0.25, 0.3) is 0 Å². The fraction of sp³-hybridized carbons (Fsp3) is 0.263. The van der Waals surface area contributed by atoms with Crippen LogP contribution in [0.3, 0.4) is 0 Å². The fourth-order valence-corrected chi connectivity index (χ4v) is 2.27. The minimum atomic E-state index is -0.656. The highest BCUT2D eigenvalue weighted by Crippen LogP contribution is 2.25. The number of esters is 1. The first-order valence-electron chi connectivity index (χ1n) is 7.86. The Morgan fingerprint density at radius 2 is 1.65 bits per heavy atom. The second kappa shape index (κ2) is 9.31. The lowest BCUT2D eigenvalue weighted by molar-refractivity contribution is -0.124. The fourth-order valence-electron chi connectivity index (χ4n) is 2.27. The lowest BCUT2D eigenvalue weighted by Gasteiger charge is -2.11. The number of benzene rings is 2. The van der Waals surface area contributed by atoms with E-state index in [1.165, 1.54) is 20.3 Å². The second-order valence-electron chi connectivity index (χ2n) is 5.23. The van der Waals surface area contributed by atoms with Crippen LogP contribution in [0, 0.1) is 0 Å². The first-order chi connectivity index (χ1) is 12.6. The summed E-state index contributed by atoms with van der Waals surface area (Å²) in [7, 11) is 4.51. The zero-order valence-corrected chi connectivity index (χ0v) is 14.9. The molecule has 0 radical (unpaired) electrons. The molecule has 7 nitrogen and oxygen atoms in total. The van der Waals surface area contributed by atoms with Crippen molar-refractivity contribution in [3.63, 3.8) is 0 Å². The van der Waals surface area contributed by atoms with E-state index in [1.54, 1.807) is 25.3 Å². The first-order valence-corrected chi connectivity index (χ1v) is 7.86. The van der Waals surface area contributed by atoms with E-state index in [2.05, 4.69) is 5.32 Å². The van der Waals surface area contributed by atoms with Gasteiger partial charge >= 0.3 is 5.97 Å². The van der Waals surface area contributed by atoms with Gasteiger partial charge in [0.05, 0.1) is 21.3 Å². The number of nitrogens with one attached hydrogen (secondary N) is 1. The van der Waals surface area contributed by atoms with Gasteiger partial charge in [0.15, 0.2) is 6.61 Å². The maximum absolute atomic E-state index is 12.2. The van der Waals surface area contributed by atoms with Gasteiger partial charge in [0.25, 0.3) is 5.91 Å². The third kappa shape index (κ3) is 4.89. The molecule has 0 saturated heterocycles. The highest BCUT2D eigenvalue weighted by molar-refractivity contribution is 5.94. The van der Waals surface area contributed by atoms with Gasteiger partial charge in [-0.1, -0.05) is 18.2 Å². The summed E-state index contributed by atoms with van der Waals surface area (Å²) in [6.07, 6.45) is 0. The zero-order chi connectivity index (χ0) is 18.9. The number of hydrogen-bond acceptors (Lipinski definition) is 6. The zero-order valence-electron chi connectivity index (χ0n) is 14.9. The summed E-state index contributed by atoms with van der Waals surface area (Å²) >= 11 is 0. The van der Waals surface area contributed by atoms with Crippen molar-refractivity contribution in [1.29, 1.82) is 0 Å². The minimum Gasteiger partial charge on any atom is -0.497 e. The molecule has 138 valence electrons. The molecule has 26 heavy (non-hydrogen) atoms. The van der Waals surface area contributed by atoms with Crippen LogP contribution < -0.4 is 19.5 Å². The standard InChI is InChI=1S/C19H21NO6/c1-23-14-8-9-15(17(10-14)25-3)19(22)26-12-18(21)20-11-13-6-4-5-7-16(13)24-2/h4-10H,11-12H2,1-3H3,(H,20,21). The predicted octanol–water partition coefficient (Wildman–Crippen LogP) is 2.19. The molecule has 1 amide bonds. The monoisotopic (exact) mass is 359 g/mol. The van der Waals surface area contributed by atoms with Crippen LogP contribution in [-0.2, 0) is 16.1 Å². The summed E-state index contributed by atoms with van der Waals surface area (Å²) in [5.74, 6) is 0.457. The Hall–Kier alpha value is -3.22. The van der Waals surface area contributed by atoms with Gasteiger partial charge in [-0.25, -0.2) is 4.79 Å². The maximum atomic E-state index is 12.2. The molecule has 0 atom stereocenters. The van der Waals surface area contributed by atoms with E-state index < -0.39 is 18.5 Å². The number of carbonyl (C=O) groups excluding carboxylic acids is 2. The Balaban J connectivity index is 1.90. The third-order valence-electron chi connectivity index (χ3n) is 3.63. The molecule has 0 aliphatic heterocycles. The number of amides is 1. The van der Waals surface area contributed by atoms with Crippen molar-refractivity contribution in [3.05, 3.63) is 53.6 Å². The Kier molecular flexibility index (Phi) is 6.84. The predicted molar refractivity (Wildman–Crippen MR) is 94.7 cm³/mol. The molecule has 2 rings (SSSR count). The van der Waals surface area contributed by atoms with Gasteiger partial charge in [-0.05, 0) is 18.2 Å². The van der Waals surface area contributed by atoms with E-state index in [0.29, 0.717) is 17.2 Å². The molecule has 1 N–H and O–H groups in total. The van der Waals surface area contributed by atoms with Gasteiger partial charge in [0, 0.05) is 18.2 Å². The van der Waals surface area contributed by atoms with Crippen molar-refractivity contribution in [2.75, 3.05) is 27.9 Å². The molecular formula is C19H21NO6. The van der Waals surface area contributed by atoms with Crippen LogP contribution in [-0.4, -0.2) is 39.8 Å². The molecule has 2 aromatic rings. The van der Waals surface area contributed by atoms with Crippen molar-refractivity contribution in [1.82, 2.24) is 5.32 Å². The highest BCUT2D eigenvalue weighted by atomic mass is 16.5. The van der Waals surface area contributed by atoms with Crippen molar-refractivity contribution in [2.24, 2.45) is 0 Å². The molecule has 7 heteroatoms. The molecule has 0 aliphatic rings. The lowest BCUT2D eigenvalue weighted by atomic mass is 10.2. The van der Waals surface area contributed by atoms with E-state index in [1.807, 2.05) is 18.2 Å². The topological polar surface area (TPSA) is 83.1 Å². The van der Waals surface area contributed by atoms with E-state index >= 15 is 0 Å². The average Bonchev–Trinajstić information content (AvgIpc) is 2.69. The Morgan fingerprint density at radius 3 is 2.35 bits per heavy atom. The number of rotatable bonds is 8. The molecule has 0 heterocycles. The third-order valence-corrected chi connectivity index (χ3v) is 3.63. The van der Waals surface area contributed by atoms with Crippen LogP contribution in [0.5, 0.6) is 17.2 Å². The highest BCUT2D eigenvalue weighted by Gasteiger charge is 2.16. The maximum Gasteiger partial charge on any atom is 0.342 e. The largest absolute Gasteiger partial charge is 0.497 e. The number of hydrogen-bond donors (Lipinski definition) is 1. The van der Waals surface area contributed by atoms with Crippen LogP contribution >= 0.6 is 0 Å². The molecule has 0 saturated carbocycles. The Morgan fingerprint density at radius 1 is 0.923 bits per heavy atom. The van der Waals surface area contributed by atoms with Gasteiger partial charge < -0.3 is 24.3 Å². The van der Waals surface area contributed by atoms with E-state index in [-0.39, 0.29) is 12.1 Å². The molecule has 0 bridgehead atoms. The summed E-state index contributed by atoms with van der Waals surface area (Å²) in [6, 6.07) is 12.0. The summed E-state index contributed by atoms with van der Waals surface area (Å²) in [5.41, 5.74) is 1.04. The molecule has 0 aliphatic carbocycles. The van der Waals surface area contributed by atoms with E-state index in [0.717, 1.165) is 5.56 Å². The average molecular weight is 359 g/mol. The van der Waals surface area contributed by atoms with E-state index in [9.17, 15) is 9.59 Å². The van der Waals surface area contributed by atoms with Crippen LogP contribution in [0.15, 0.2) is 42.5 Å². The summed E-state index contributed by atoms with van der Waals surface area (Å²) in [4.78, 5) is 24.1. The van der Waals surface area contributed by atoms with Gasteiger partial charge in [-0.2, -0.15) is 0 Å². The SMILES string of the molecule is COc1ccc(C(=O)OCC(=O)NCc2ccccc2OC)c(OC)c1. The molecule has 0 aromatic heterocycles. The van der Waals surface area contributed by atoms with E-state index in [4.69, 9.17) is 18.9 Å². The van der Waals surface area contributed by atoms with Crippen molar-refractivity contribution < 1.29 is 28.5 Å². The van der Waals surface area contributed by atoms with Crippen LogP contribution in [0.2, 0.25) is 0 Å². The van der Waals surface area contributed by atoms with Crippen LogP contribution in [0.1, 0.15) is 15.9 Å². The first kappa shape index (κ1) is 19.1. The quantitative estimate of drug-likeness (QED) is 0.728. The molecular weight excluding hydrogens is 338 g/mol. The number of methoxy groups -OCH3 is 3. The van der Waals surface area contributed by atoms with Crippen molar-refractivity contribution in [2.45, 2.75) is 6.54 Å². The van der Waals surface area contributed by atoms with Gasteiger partial charge in [0.1, 0.15) is 22.8 Å². The number of para-hydroxylation sites is 1. The molecule has 0 spiro atoms. The second-order valence-corrected chi connectivity index (χ2v) is 5.23. The number of ether oxygens (including phenoxy) is 4. The molecule has 2 aromatic carbocycles. The van der Waals surface area contributed by atoms with Gasteiger partial charge in [0.2, 0.25) is 0 Å². The summed E-state index contributed by atoms with van der Waals surface area (Å²) < 4.78 is 20.5.